The van der Waals surface area contributed by atoms with Crippen molar-refractivity contribution in [1.29, 1.82) is 0 Å². The van der Waals surface area contributed by atoms with Crippen LogP contribution >= 0.6 is 0 Å². The van der Waals surface area contributed by atoms with Gasteiger partial charge in [-0.25, -0.2) is 4.79 Å². The van der Waals surface area contributed by atoms with E-state index in [0.29, 0.717) is 29.1 Å². The molecular weight excluding hydrogens is 228 g/mol. The number of hydrogen-bond donors (Lipinski definition) is 0. The highest BCUT2D eigenvalue weighted by molar-refractivity contribution is 5.89. The van der Waals surface area contributed by atoms with Crippen LogP contribution < -0.4 is 0 Å². The normalized spacial score (nSPS) is 45.1. The van der Waals surface area contributed by atoms with Crippen LogP contribution in [0, 0.1) is 29.6 Å². The first-order valence-electron chi connectivity index (χ1n) is 6.89. The molecule has 0 spiro atoms. The maximum Gasteiger partial charge on any atom is 0.333 e. The third-order valence-electron chi connectivity index (χ3n) is 5.30. The summed E-state index contributed by atoms with van der Waals surface area (Å²) in [5.74, 6) is 1.83. The minimum Gasteiger partial charge on any atom is -0.458 e. The van der Waals surface area contributed by atoms with Crippen molar-refractivity contribution in [3.8, 4) is 0 Å². The van der Waals surface area contributed by atoms with Crippen LogP contribution in [0.4, 0.5) is 0 Å². The zero-order valence-electron chi connectivity index (χ0n) is 11.0. The zero-order valence-corrected chi connectivity index (χ0v) is 11.0. The molecule has 0 radical (unpaired) electrons. The molecule has 6 atom stereocenters. The van der Waals surface area contributed by atoms with E-state index in [9.17, 15) is 9.59 Å². The summed E-state index contributed by atoms with van der Waals surface area (Å²) in [4.78, 5) is 23.9. The number of ketones is 1. The Morgan fingerprint density at radius 3 is 2.72 bits per heavy atom. The van der Waals surface area contributed by atoms with E-state index in [0.717, 1.165) is 19.3 Å². The highest BCUT2D eigenvalue weighted by atomic mass is 16.5. The minimum absolute atomic E-state index is 0.0352. The minimum atomic E-state index is -0.340. The lowest BCUT2D eigenvalue weighted by atomic mass is 9.50. The Balaban J connectivity index is 1.84. The summed E-state index contributed by atoms with van der Waals surface area (Å²) >= 11 is 0. The monoisotopic (exact) mass is 248 g/mol. The number of Topliss-reactive ketones (excluding diaryl/α,β-unsaturated/α-hetero) is 1. The van der Waals surface area contributed by atoms with Crippen LogP contribution in [0.3, 0.4) is 0 Å². The lowest BCUT2D eigenvalue weighted by Crippen LogP contribution is -2.58. The zero-order chi connectivity index (χ0) is 13.0. The maximum absolute atomic E-state index is 12.2. The van der Waals surface area contributed by atoms with Crippen molar-refractivity contribution in [3.63, 3.8) is 0 Å². The largest absolute Gasteiger partial charge is 0.458 e. The Kier molecular flexibility index (Phi) is 2.61. The second-order valence-electron chi connectivity index (χ2n) is 6.35. The Morgan fingerprint density at radius 1 is 1.33 bits per heavy atom. The third kappa shape index (κ3) is 1.56. The molecule has 6 unspecified atom stereocenters. The molecule has 0 N–H and O–H groups in total. The van der Waals surface area contributed by atoms with Crippen molar-refractivity contribution in [2.75, 3.05) is 0 Å². The molecular formula is C15H20O3. The summed E-state index contributed by atoms with van der Waals surface area (Å²) in [6, 6.07) is 0. The van der Waals surface area contributed by atoms with Gasteiger partial charge in [-0.15, -0.1) is 0 Å². The van der Waals surface area contributed by atoms with Crippen LogP contribution in [0.15, 0.2) is 12.2 Å². The van der Waals surface area contributed by atoms with Crippen LogP contribution in [0.25, 0.3) is 0 Å². The molecule has 4 fully saturated rings. The molecule has 0 heterocycles. The van der Waals surface area contributed by atoms with Crippen molar-refractivity contribution >= 4 is 11.8 Å². The number of hydrogen-bond acceptors (Lipinski definition) is 3. The summed E-state index contributed by atoms with van der Waals surface area (Å²) in [7, 11) is 0. The van der Waals surface area contributed by atoms with Gasteiger partial charge in [0.1, 0.15) is 11.9 Å². The van der Waals surface area contributed by atoms with Crippen molar-refractivity contribution < 1.29 is 14.3 Å². The maximum atomic E-state index is 12.2. The van der Waals surface area contributed by atoms with Crippen LogP contribution in [0.2, 0.25) is 0 Å². The summed E-state index contributed by atoms with van der Waals surface area (Å²) in [5, 5.41) is 0. The molecule has 4 saturated carbocycles. The Bertz CT molecular complexity index is 425. The predicted molar refractivity (Wildman–Crippen MR) is 66.7 cm³/mol. The molecule has 4 aliphatic rings. The van der Waals surface area contributed by atoms with Crippen molar-refractivity contribution in [3.05, 3.63) is 12.2 Å². The Hall–Kier alpha value is -1.12. The molecule has 3 nitrogen and oxygen atoms in total. The number of esters is 1. The van der Waals surface area contributed by atoms with E-state index in [1.54, 1.807) is 6.92 Å². The van der Waals surface area contributed by atoms with E-state index in [4.69, 9.17) is 4.74 Å². The van der Waals surface area contributed by atoms with E-state index in [1.807, 2.05) is 0 Å². The van der Waals surface area contributed by atoms with E-state index >= 15 is 0 Å². The van der Waals surface area contributed by atoms with Crippen LogP contribution in [-0.4, -0.2) is 17.9 Å². The predicted octanol–water partition coefficient (Wildman–Crippen LogP) is 2.36. The molecule has 0 amide bonds. The fraction of sp³-hybridized carbons (Fsp3) is 0.733. The van der Waals surface area contributed by atoms with Crippen LogP contribution in [-0.2, 0) is 14.3 Å². The molecule has 0 aromatic heterocycles. The number of ether oxygens (including phenoxy) is 1. The van der Waals surface area contributed by atoms with Gasteiger partial charge in [0.2, 0.25) is 0 Å². The first-order chi connectivity index (χ1) is 8.49. The van der Waals surface area contributed by atoms with Gasteiger partial charge < -0.3 is 4.74 Å². The highest BCUT2D eigenvalue weighted by Crippen LogP contribution is 2.55. The lowest BCUT2D eigenvalue weighted by molar-refractivity contribution is -0.180. The van der Waals surface area contributed by atoms with Crippen LogP contribution in [0.5, 0.6) is 0 Å². The highest BCUT2D eigenvalue weighted by Gasteiger charge is 2.57. The summed E-state index contributed by atoms with van der Waals surface area (Å²) < 4.78 is 5.57. The van der Waals surface area contributed by atoms with Gasteiger partial charge in [0.05, 0.1) is 5.92 Å². The lowest BCUT2D eigenvalue weighted by Gasteiger charge is -2.55. The average Bonchev–Trinajstić information content (AvgIpc) is 2.31. The van der Waals surface area contributed by atoms with Crippen molar-refractivity contribution in [1.82, 2.24) is 0 Å². The molecule has 0 saturated heterocycles. The number of carbonyl (C=O) groups excluding carboxylic acids is 2. The number of carbonyl (C=O) groups is 2. The Morgan fingerprint density at radius 2 is 2.06 bits per heavy atom. The van der Waals surface area contributed by atoms with Gasteiger partial charge in [-0.3, -0.25) is 4.79 Å². The van der Waals surface area contributed by atoms with Gasteiger partial charge in [-0.05, 0) is 38.0 Å². The molecule has 18 heavy (non-hydrogen) atoms. The smallest absolute Gasteiger partial charge is 0.333 e. The van der Waals surface area contributed by atoms with E-state index in [2.05, 4.69) is 13.5 Å². The van der Waals surface area contributed by atoms with Gasteiger partial charge >= 0.3 is 5.97 Å². The molecule has 98 valence electrons. The fourth-order valence-electron chi connectivity index (χ4n) is 4.28. The summed E-state index contributed by atoms with van der Waals surface area (Å²) in [6.45, 7) is 7.52. The van der Waals surface area contributed by atoms with E-state index in [-0.39, 0.29) is 23.9 Å². The first kappa shape index (κ1) is 11.9. The molecule has 0 aliphatic heterocycles. The molecule has 3 heteroatoms. The van der Waals surface area contributed by atoms with E-state index in [1.165, 1.54) is 0 Å². The van der Waals surface area contributed by atoms with Gasteiger partial charge in [0.25, 0.3) is 0 Å². The van der Waals surface area contributed by atoms with Crippen LogP contribution in [0.1, 0.15) is 33.1 Å². The average molecular weight is 248 g/mol. The van der Waals surface area contributed by atoms with Crippen molar-refractivity contribution in [2.45, 2.75) is 39.2 Å². The quantitative estimate of drug-likeness (QED) is 0.556. The van der Waals surface area contributed by atoms with Gasteiger partial charge in [-0.2, -0.15) is 0 Å². The van der Waals surface area contributed by atoms with Crippen molar-refractivity contribution in [2.24, 2.45) is 29.6 Å². The molecule has 0 aromatic carbocycles. The van der Waals surface area contributed by atoms with Gasteiger partial charge in [-0.1, -0.05) is 13.5 Å². The topological polar surface area (TPSA) is 43.4 Å². The van der Waals surface area contributed by atoms with E-state index < -0.39 is 0 Å². The summed E-state index contributed by atoms with van der Waals surface area (Å²) in [6.07, 6.45) is 2.71. The second kappa shape index (κ2) is 3.94. The third-order valence-corrected chi connectivity index (χ3v) is 5.30. The standard InChI is InChI=1S/C15H20O3/c1-7(2)15(17)18-14-11-6-10-4-9(8(11)3)5-12(14)13(10)16/h8-12,14H,1,4-6H2,2-3H3. The Labute approximate surface area is 108 Å². The molecule has 4 bridgehead atoms. The van der Waals surface area contributed by atoms with Gasteiger partial charge in [0, 0.05) is 17.4 Å². The molecule has 4 rings (SSSR count). The SMILES string of the molecule is C=C(C)C(=O)OC1C2CC3CC(CC1C3C)C2=O. The first-order valence-corrected chi connectivity index (χ1v) is 6.89. The van der Waals surface area contributed by atoms with Gasteiger partial charge in [0.15, 0.2) is 0 Å². The molecule has 4 aliphatic carbocycles. The fourth-order valence-corrected chi connectivity index (χ4v) is 4.28. The summed E-state index contributed by atoms with van der Waals surface area (Å²) in [5.41, 5.74) is 0.420. The molecule has 0 aromatic rings. The second-order valence-corrected chi connectivity index (χ2v) is 6.35. The number of rotatable bonds is 2.